The molecular weight excluding hydrogens is 709 g/mol. The predicted molar refractivity (Wildman–Crippen MR) is 249 cm³/mol. The molecule has 0 radical (unpaired) electrons. The molecule has 0 spiro atoms. The van der Waals surface area contributed by atoms with E-state index in [2.05, 4.69) is 20.8 Å². The van der Waals surface area contributed by atoms with Crippen LogP contribution in [0, 0.1) is 0 Å². The van der Waals surface area contributed by atoms with E-state index >= 15 is 0 Å². The summed E-state index contributed by atoms with van der Waals surface area (Å²) in [7, 11) is 0. The molecule has 0 rings (SSSR count). The van der Waals surface area contributed by atoms with Gasteiger partial charge in [-0.3, -0.25) is 9.59 Å². The van der Waals surface area contributed by atoms with Gasteiger partial charge in [0.1, 0.15) is 12.7 Å². The number of hydrogen-bond donors (Lipinski definition) is 0. The van der Waals surface area contributed by atoms with E-state index in [0.29, 0.717) is 12.8 Å². The smallest absolute Gasteiger partial charge is 0.306 e. The second kappa shape index (κ2) is 48.7. The third-order valence-corrected chi connectivity index (χ3v) is 12.8. The summed E-state index contributed by atoms with van der Waals surface area (Å²) >= 11 is 1.86. The highest BCUT2D eigenvalue weighted by atomic mass is 32.2. The first-order chi connectivity index (χ1) is 27.6. The van der Waals surface area contributed by atoms with Crippen LogP contribution in [0.5, 0.6) is 0 Å². The van der Waals surface area contributed by atoms with Crippen LogP contribution in [-0.4, -0.2) is 36.2 Å². The molecule has 0 saturated heterocycles. The lowest BCUT2D eigenvalue weighted by molar-refractivity contribution is -0.157. The maximum absolute atomic E-state index is 12.8. The van der Waals surface area contributed by atoms with Crippen LogP contribution in [0.25, 0.3) is 0 Å². The highest BCUT2D eigenvalue weighted by molar-refractivity contribution is 7.99. The number of hydrogen-bond acceptors (Lipinski definition) is 5. The number of carbonyl (C=O) groups is 2. The maximum Gasteiger partial charge on any atom is 0.306 e. The van der Waals surface area contributed by atoms with Gasteiger partial charge in [-0.25, -0.2) is 0 Å². The van der Waals surface area contributed by atoms with E-state index in [1.54, 1.807) is 0 Å². The summed E-state index contributed by atoms with van der Waals surface area (Å²) in [6.45, 7) is 7.05. The predicted octanol–water partition coefficient (Wildman–Crippen LogP) is 17.6. The van der Waals surface area contributed by atoms with Crippen molar-refractivity contribution >= 4 is 23.7 Å². The summed E-state index contributed by atoms with van der Waals surface area (Å²) in [4.78, 5) is 25.4. The van der Waals surface area contributed by atoms with Crippen molar-refractivity contribution in [3.63, 3.8) is 0 Å². The molecule has 0 fully saturated rings. The molecule has 0 aromatic heterocycles. The summed E-state index contributed by atoms with van der Waals surface area (Å²) in [6.07, 6.45) is 53.5. The van der Waals surface area contributed by atoms with Crippen molar-refractivity contribution in [3.8, 4) is 0 Å². The van der Waals surface area contributed by atoms with Gasteiger partial charge in [0.15, 0.2) is 0 Å². The van der Waals surface area contributed by atoms with Gasteiger partial charge in [0.2, 0.25) is 0 Å². The molecule has 0 aliphatic rings. The van der Waals surface area contributed by atoms with Crippen molar-refractivity contribution in [3.05, 3.63) is 0 Å². The van der Waals surface area contributed by atoms with Crippen molar-refractivity contribution in [2.24, 2.45) is 0 Å². The molecular formula is C51H100O4S. The van der Waals surface area contributed by atoms with Crippen LogP contribution in [0.4, 0.5) is 0 Å². The van der Waals surface area contributed by atoms with E-state index in [1.165, 1.54) is 231 Å². The second-order valence-electron chi connectivity index (χ2n) is 17.5. The molecule has 0 heterocycles. The number of rotatable bonds is 48. The van der Waals surface area contributed by atoms with Gasteiger partial charge in [0.05, 0.1) is 0 Å². The topological polar surface area (TPSA) is 52.6 Å². The molecule has 0 bridgehead atoms. The number of thioether (sulfide) groups is 1. The lowest BCUT2D eigenvalue weighted by Gasteiger charge is -2.18. The highest BCUT2D eigenvalue weighted by Crippen LogP contribution is 2.18. The van der Waals surface area contributed by atoms with E-state index < -0.39 is 0 Å². The normalized spacial score (nSPS) is 12.0. The Balaban J connectivity index is 4.19. The molecule has 0 N–H and O–H groups in total. The molecule has 0 aliphatic carbocycles. The van der Waals surface area contributed by atoms with E-state index in [4.69, 9.17) is 9.47 Å². The van der Waals surface area contributed by atoms with Gasteiger partial charge in [-0.15, -0.1) is 0 Å². The highest BCUT2D eigenvalue weighted by Gasteiger charge is 2.17. The van der Waals surface area contributed by atoms with Gasteiger partial charge in [-0.05, 0) is 25.0 Å². The molecule has 1 unspecified atom stereocenters. The maximum atomic E-state index is 12.8. The van der Waals surface area contributed by atoms with E-state index in [-0.39, 0.29) is 24.6 Å². The van der Waals surface area contributed by atoms with Crippen molar-refractivity contribution < 1.29 is 19.1 Å². The Morgan fingerprint density at radius 3 is 0.946 bits per heavy atom. The molecule has 4 nitrogen and oxygen atoms in total. The summed E-state index contributed by atoms with van der Waals surface area (Å²) in [5, 5.41) is 0. The average Bonchev–Trinajstić information content (AvgIpc) is 3.20. The Morgan fingerprint density at radius 1 is 0.357 bits per heavy atom. The quantitative estimate of drug-likeness (QED) is 0.0453. The Kier molecular flexibility index (Phi) is 48.0. The molecule has 0 aliphatic heterocycles. The van der Waals surface area contributed by atoms with Crippen LogP contribution >= 0.6 is 11.8 Å². The third-order valence-electron chi connectivity index (χ3n) is 11.6. The number of esters is 2. The number of unbranched alkanes of at least 4 members (excludes halogenated alkanes) is 37. The van der Waals surface area contributed by atoms with Gasteiger partial charge in [0, 0.05) is 18.6 Å². The molecule has 5 heteroatoms. The standard InChI is InChI=1S/C51H100O4S/c1-4-7-10-13-16-19-22-25-28-31-34-37-40-43-46-56-48-49(55-51(53)45-42-39-36-33-30-27-24-21-18-15-12-9-6-3)47-54-50(52)44-41-38-35-32-29-26-23-20-17-14-11-8-5-2/h49H,4-48H2,1-3H3. The molecule has 56 heavy (non-hydrogen) atoms. The third kappa shape index (κ3) is 46.0. The van der Waals surface area contributed by atoms with E-state index in [1.807, 2.05) is 11.8 Å². The average molecular weight is 809 g/mol. The van der Waals surface area contributed by atoms with Gasteiger partial charge in [0.25, 0.3) is 0 Å². The monoisotopic (exact) mass is 809 g/mol. The fourth-order valence-electron chi connectivity index (χ4n) is 7.81. The summed E-state index contributed by atoms with van der Waals surface area (Å²) in [5.41, 5.74) is 0. The van der Waals surface area contributed by atoms with Gasteiger partial charge < -0.3 is 9.47 Å². The first kappa shape index (κ1) is 55.3. The minimum atomic E-state index is -0.336. The summed E-state index contributed by atoms with van der Waals surface area (Å²) < 4.78 is 11.6. The number of ether oxygens (including phenoxy) is 2. The molecule has 0 amide bonds. The Labute approximate surface area is 356 Å². The second-order valence-corrected chi connectivity index (χ2v) is 18.6. The lowest BCUT2D eigenvalue weighted by Crippen LogP contribution is -2.27. The zero-order valence-electron chi connectivity index (χ0n) is 38.4. The molecule has 0 aromatic rings. The lowest BCUT2D eigenvalue weighted by atomic mass is 10.0. The van der Waals surface area contributed by atoms with E-state index in [9.17, 15) is 9.59 Å². The minimum Gasteiger partial charge on any atom is -0.462 e. The zero-order valence-corrected chi connectivity index (χ0v) is 39.3. The van der Waals surface area contributed by atoms with Crippen LogP contribution < -0.4 is 0 Å². The van der Waals surface area contributed by atoms with Crippen LogP contribution in [0.2, 0.25) is 0 Å². The van der Waals surface area contributed by atoms with Gasteiger partial charge in [-0.2, -0.15) is 11.8 Å². The molecule has 0 aromatic carbocycles. The molecule has 334 valence electrons. The molecule has 0 saturated carbocycles. The van der Waals surface area contributed by atoms with E-state index in [0.717, 1.165) is 37.2 Å². The van der Waals surface area contributed by atoms with Crippen molar-refractivity contribution in [2.75, 3.05) is 18.1 Å². The largest absolute Gasteiger partial charge is 0.462 e. The minimum absolute atomic E-state index is 0.122. The zero-order chi connectivity index (χ0) is 40.7. The van der Waals surface area contributed by atoms with Crippen molar-refractivity contribution in [1.29, 1.82) is 0 Å². The van der Waals surface area contributed by atoms with Crippen LogP contribution in [-0.2, 0) is 19.1 Å². The Hall–Kier alpha value is -0.710. The van der Waals surface area contributed by atoms with Crippen LogP contribution in [0.3, 0.4) is 0 Å². The Morgan fingerprint density at radius 2 is 0.625 bits per heavy atom. The fourth-order valence-corrected chi connectivity index (χ4v) is 8.81. The summed E-state index contributed by atoms with van der Waals surface area (Å²) in [5.74, 6) is 1.54. The molecule has 1 atom stereocenters. The number of carbonyl (C=O) groups excluding carboxylic acids is 2. The van der Waals surface area contributed by atoms with Gasteiger partial charge in [-0.1, -0.05) is 258 Å². The Bertz CT molecular complexity index is 773. The SMILES string of the molecule is CCCCCCCCCCCCCCCCSCC(COC(=O)CCCCCCCCCCCCCCC)OC(=O)CCCCCCCCCCCCCCC. The summed E-state index contributed by atoms with van der Waals surface area (Å²) in [6, 6.07) is 0. The van der Waals surface area contributed by atoms with Crippen LogP contribution in [0.1, 0.15) is 290 Å². The van der Waals surface area contributed by atoms with Crippen molar-refractivity contribution in [1.82, 2.24) is 0 Å². The van der Waals surface area contributed by atoms with Gasteiger partial charge >= 0.3 is 11.9 Å². The first-order valence-electron chi connectivity index (χ1n) is 25.6. The van der Waals surface area contributed by atoms with Crippen LogP contribution in [0.15, 0.2) is 0 Å². The first-order valence-corrected chi connectivity index (χ1v) is 26.7. The fraction of sp³-hybridized carbons (Fsp3) is 0.961. The van der Waals surface area contributed by atoms with Crippen molar-refractivity contribution in [2.45, 2.75) is 297 Å².